The molecule has 0 aliphatic rings. The van der Waals surface area contributed by atoms with Crippen LogP contribution in [0.15, 0.2) is 12.1 Å². The average Bonchev–Trinajstić information content (AvgIpc) is 2.57. The molecule has 0 fully saturated rings. The molecule has 0 unspecified atom stereocenters. The Balaban J connectivity index is 3.21. The maximum absolute atomic E-state index is 13.2. The van der Waals surface area contributed by atoms with Crippen molar-refractivity contribution in [2.75, 3.05) is 13.2 Å². The maximum atomic E-state index is 13.2. The van der Waals surface area contributed by atoms with Crippen molar-refractivity contribution < 1.29 is 20.1 Å². The van der Waals surface area contributed by atoms with Crippen LogP contribution in [0.25, 0.3) is 0 Å². The molecule has 0 atom stereocenters. The zero-order valence-corrected chi connectivity index (χ0v) is 18.9. The number of hydrogen-bond acceptors (Lipinski definition) is 4. The summed E-state index contributed by atoms with van der Waals surface area (Å²) in [6.45, 7) is 15.1. The zero-order chi connectivity index (χ0) is 21.9. The van der Waals surface area contributed by atoms with E-state index in [1.807, 2.05) is 46.8 Å². The van der Waals surface area contributed by atoms with Gasteiger partial charge in [0.1, 0.15) is 5.75 Å². The Bertz CT molecular complexity index is 671. The van der Waals surface area contributed by atoms with Crippen LogP contribution in [0.3, 0.4) is 0 Å². The van der Waals surface area contributed by atoms with Gasteiger partial charge in [0.2, 0.25) is 5.91 Å². The average molecular weight is 394 g/mol. The minimum Gasteiger partial charge on any atom is -0.507 e. The van der Waals surface area contributed by atoms with Crippen molar-refractivity contribution in [1.29, 1.82) is 0 Å². The van der Waals surface area contributed by atoms with Crippen molar-refractivity contribution in [3.63, 3.8) is 0 Å². The fraction of sp³-hybridized carbons (Fsp3) is 0.696. The van der Waals surface area contributed by atoms with Gasteiger partial charge in [0.05, 0.1) is 18.8 Å². The number of carbonyl (C=O) groups is 1. The summed E-state index contributed by atoms with van der Waals surface area (Å²) in [5.41, 5.74) is 0.923. The molecule has 5 nitrogen and oxygen atoms in total. The second-order valence-electron chi connectivity index (χ2n) is 9.86. The lowest BCUT2D eigenvalue weighted by Gasteiger charge is -2.49. The van der Waals surface area contributed by atoms with Gasteiger partial charge in [0.15, 0.2) is 0 Å². The first kappa shape index (κ1) is 24.4. The lowest BCUT2D eigenvalue weighted by molar-refractivity contribution is -0.152. The standard InChI is InChI=1S/C23H39NO4/c1-9-23(14-25,15-26)24(22(6,7)8)19(27)11-10-17-12-16(2)13-18(20(17)28)21(3,4)5/h12-13,25-26,28H,9-11,14-15H2,1-8H3. The molecule has 3 N–H and O–H groups in total. The van der Waals surface area contributed by atoms with Crippen molar-refractivity contribution in [3.05, 3.63) is 28.8 Å². The topological polar surface area (TPSA) is 81.0 Å². The van der Waals surface area contributed by atoms with Crippen LogP contribution in [-0.4, -0.2) is 50.4 Å². The summed E-state index contributed by atoms with van der Waals surface area (Å²) >= 11 is 0. The number of amides is 1. The second-order valence-corrected chi connectivity index (χ2v) is 9.86. The number of phenolic OH excluding ortho intramolecular Hbond substituents is 1. The van der Waals surface area contributed by atoms with E-state index in [2.05, 4.69) is 20.8 Å². The first-order chi connectivity index (χ1) is 12.7. The van der Waals surface area contributed by atoms with Gasteiger partial charge in [0, 0.05) is 12.0 Å². The monoisotopic (exact) mass is 393 g/mol. The molecule has 0 heterocycles. The number of nitrogens with zero attached hydrogens (tertiary/aromatic N) is 1. The molecule has 0 aromatic heterocycles. The molecule has 1 aromatic rings. The van der Waals surface area contributed by atoms with Crippen LogP contribution in [0, 0.1) is 6.92 Å². The minimum atomic E-state index is -0.999. The molecule has 0 spiro atoms. The third kappa shape index (κ3) is 5.26. The highest BCUT2D eigenvalue weighted by atomic mass is 16.3. The second kappa shape index (κ2) is 8.83. The normalized spacial score (nSPS) is 12.9. The molecule has 0 bridgehead atoms. The number of hydrogen-bond donors (Lipinski definition) is 3. The number of aliphatic hydroxyl groups excluding tert-OH is 2. The van der Waals surface area contributed by atoms with Crippen molar-refractivity contribution in [2.45, 2.75) is 91.1 Å². The van der Waals surface area contributed by atoms with Crippen molar-refractivity contribution in [3.8, 4) is 5.75 Å². The quantitative estimate of drug-likeness (QED) is 0.660. The molecule has 1 rings (SSSR count). The molecule has 5 heteroatoms. The van der Waals surface area contributed by atoms with E-state index in [1.165, 1.54) is 0 Å². The lowest BCUT2D eigenvalue weighted by atomic mass is 9.83. The Morgan fingerprint density at radius 3 is 1.96 bits per heavy atom. The number of rotatable bonds is 7. The molecule has 28 heavy (non-hydrogen) atoms. The highest BCUT2D eigenvalue weighted by molar-refractivity contribution is 5.78. The highest BCUT2D eigenvalue weighted by Gasteiger charge is 2.43. The van der Waals surface area contributed by atoms with E-state index >= 15 is 0 Å². The molecule has 0 aliphatic carbocycles. The summed E-state index contributed by atoms with van der Waals surface area (Å²) in [7, 11) is 0. The number of aliphatic hydroxyl groups is 2. The number of phenols is 1. The Kier molecular flexibility index (Phi) is 7.71. The SMILES string of the molecule is CCC(CO)(CO)N(C(=O)CCc1cc(C)cc(C(C)(C)C)c1O)C(C)(C)C. The summed E-state index contributed by atoms with van der Waals surface area (Å²) in [6, 6.07) is 3.91. The van der Waals surface area contributed by atoms with E-state index in [9.17, 15) is 20.1 Å². The van der Waals surface area contributed by atoms with Crippen LogP contribution in [0.5, 0.6) is 5.75 Å². The largest absolute Gasteiger partial charge is 0.507 e. The molecule has 0 aliphatic heterocycles. The van der Waals surface area contributed by atoms with Crippen LogP contribution in [0.2, 0.25) is 0 Å². The molecule has 1 aromatic carbocycles. The van der Waals surface area contributed by atoms with Crippen LogP contribution in [-0.2, 0) is 16.6 Å². The van der Waals surface area contributed by atoms with Gasteiger partial charge in [0.25, 0.3) is 0 Å². The smallest absolute Gasteiger partial charge is 0.223 e. The van der Waals surface area contributed by atoms with E-state index in [0.29, 0.717) is 12.8 Å². The van der Waals surface area contributed by atoms with Gasteiger partial charge < -0.3 is 20.2 Å². The van der Waals surface area contributed by atoms with E-state index in [1.54, 1.807) is 4.90 Å². The molecule has 160 valence electrons. The van der Waals surface area contributed by atoms with Crippen LogP contribution >= 0.6 is 0 Å². The Morgan fingerprint density at radius 2 is 1.57 bits per heavy atom. The summed E-state index contributed by atoms with van der Waals surface area (Å²) in [5.74, 6) is 0.106. The van der Waals surface area contributed by atoms with Gasteiger partial charge in [-0.1, -0.05) is 45.4 Å². The molecule has 1 amide bonds. The summed E-state index contributed by atoms with van der Waals surface area (Å²) in [6.07, 6.45) is 1.05. The fourth-order valence-electron chi connectivity index (χ4n) is 3.89. The van der Waals surface area contributed by atoms with Gasteiger partial charge in [-0.15, -0.1) is 0 Å². The third-order valence-electron chi connectivity index (χ3n) is 5.39. The molecule has 0 saturated carbocycles. The van der Waals surface area contributed by atoms with Gasteiger partial charge in [-0.2, -0.15) is 0 Å². The van der Waals surface area contributed by atoms with E-state index in [4.69, 9.17) is 0 Å². The molecular weight excluding hydrogens is 354 g/mol. The maximum Gasteiger partial charge on any atom is 0.223 e. The third-order valence-corrected chi connectivity index (χ3v) is 5.39. The van der Waals surface area contributed by atoms with Gasteiger partial charge >= 0.3 is 0 Å². The Morgan fingerprint density at radius 1 is 1.04 bits per heavy atom. The minimum absolute atomic E-state index is 0.143. The molecule has 0 saturated heterocycles. The lowest BCUT2D eigenvalue weighted by Crippen LogP contribution is -2.63. The number of benzene rings is 1. The van der Waals surface area contributed by atoms with Crippen LogP contribution < -0.4 is 0 Å². The Hall–Kier alpha value is -1.59. The number of aryl methyl sites for hydroxylation is 2. The van der Waals surface area contributed by atoms with Crippen molar-refractivity contribution in [2.24, 2.45) is 0 Å². The highest BCUT2D eigenvalue weighted by Crippen LogP contribution is 2.35. The first-order valence-electron chi connectivity index (χ1n) is 10.1. The van der Waals surface area contributed by atoms with Gasteiger partial charge in [-0.3, -0.25) is 4.79 Å². The van der Waals surface area contributed by atoms with E-state index in [-0.39, 0.29) is 36.7 Å². The van der Waals surface area contributed by atoms with E-state index in [0.717, 1.165) is 16.7 Å². The first-order valence-corrected chi connectivity index (χ1v) is 10.1. The predicted molar refractivity (Wildman–Crippen MR) is 114 cm³/mol. The number of carbonyl (C=O) groups excluding carboxylic acids is 1. The van der Waals surface area contributed by atoms with Crippen molar-refractivity contribution >= 4 is 5.91 Å². The fourth-order valence-corrected chi connectivity index (χ4v) is 3.89. The van der Waals surface area contributed by atoms with Crippen LogP contribution in [0.1, 0.15) is 78.0 Å². The van der Waals surface area contributed by atoms with Crippen LogP contribution in [0.4, 0.5) is 0 Å². The predicted octanol–water partition coefficient (Wildman–Crippen LogP) is 3.69. The number of aromatic hydroxyl groups is 1. The Labute approximate surface area is 170 Å². The molecular formula is C23H39NO4. The summed E-state index contributed by atoms with van der Waals surface area (Å²) in [5, 5.41) is 30.7. The molecule has 0 radical (unpaired) electrons. The van der Waals surface area contributed by atoms with E-state index < -0.39 is 11.1 Å². The van der Waals surface area contributed by atoms with Crippen molar-refractivity contribution in [1.82, 2.24) is 4.90 Å². The van der Waals surface area contributed by atoms with Gasteiger partial charge in [-0.05, 0) is 57.1 Å². The summed E-state index contributed by atoms with van der Waals surface area (Å²) in [4.78, 5) is 14.8. The van der Waals surface area contributed by atoms with Gasteiger partial charge in [-0.25, -0.2) is 0 Å². The summed E-state index contributed by atoms with van der Waals surface area (Å²) < 4.78 is 0. The zero-order valence-electron chi connectivity index (χ0n) is 18.9.